The summed E-state index contributed by atoms with van der Waals surface area (Å²) in [6, 6.07) is 128. The molecule has 15 aromatic carbocycles. The fourth-order valence-corrected chi connectivity index (χ4v) is 27.3. The Kier molecular flexibility index (Phi) is 13.4. The van der Waals surface area contributed by atoms with Crippen molar-refractivity contribution in [3.05, 3.63) is 345 Å². The summed E-state index contributed by atoms with van der Waals surface area (Å²) in [5.41, 5.74) is 28.5. The van der Waals surface area contributed by atoms with E-state index in [0.717, 1.165) is 40.5 Å². The van der Waals surface area contributed by atoms with E-state index in [1.54, 1.807) is 0 Å². The summed E-state index contributed by atoms with van der Waals surface area (Å²) in [4.78, 5) is 13.1. The Morgan fingerprint density at radius 3 is 1.22 bits per heavy atom. The molecule has 0 aliphatic carbocycles. The fourth-order valence-electron chi connectivity index (χ4n) is 17.6. The molecule has 4 aliphatic heterocycles. The molecule has 7 heterocycles. The van der Waals surface area contributed by atoms with Crippen LogP contribution in [0.3, 0.4) is 0 Å². The van der Waals surface area contributed by atoms with Crippen LogP contribution in [-0.4, -0.2) is 74.7 Å². The van der Waals surface area contributed by atoms with Crippen molar-refractivity contribution < 1.29 is 0 Å². The number of para-hydroxylation sites is 6. The van der Waals surface area contributed by atoms with Gasteiger partial charge in [-0.05, 0) is 36.4 Å². The molecule has 5 nitrogen and oxygen atoms in total. The van der Waals surface area contributed by atoms with Crippen molar-refractivity contribution in [1.29, 1.82) is 0 Å². The Bertz CT molecular complexity index is 6410. The molecule has 0 amide bonds. The van der Waals surface area contributed by atoms with Gasteiger partial charge in [0.1, 0.15) is 0 Å². The van der Waals surface area contributed by atoms with Crippen molar-refractivity contribution in [3.8, 4) is 0 Å². The Balaban J connectivity index is 0.868. The Morgan fingerprint density at radius 2 is 0.653 bits per heavy atom. The second-order valence-corrected chi connectivity index (χ2v) is 36.3. The van der Waals surface area contributed by atoms with E-state index in [9.17, 15) is 0 Å². The molecular formula is C91H57B2N5Te3. The maximum atomic E-state index is 2.78. The average molecular weight is 1620 g/mol. The summed E-state index contributed by atoms with van der Waals surface area (Å²) in [5.74, 6) is 0. The van der Waals surface area contributed by atoms with Crippen LogP contribution in [0.15, 0.2) is 334 Å². The minimum Gasteiger partial charge on any atom is -0.0602 e. The predicted octanol–water partition coefficient (Wildman–Crippen LogP) is 19.0. The average Bonchev–Trinajstić information content (AvgIpc) is 0.853. The molecule has 3 aromatic heterocycles. The summed E-state index contributed by atoms with van der Waals surface area (Å²) in [5, 5.41) is 8.20. The van der Waals surface area contributed by atoms with Crippen molar-refractivity contribution >= 4 is 246 Å². The number of fused-ring (bicyclic) bond motifs is 17. The van der Waals surface area contributed by atoms with Crippen LogP contribution in [0.1, 0.15) is 11.1 Å². The third kappa shape index (κ3) is 8.91. The largest absolute Gasteiger partial charge is 0.0602 e. The molecule has 0 atom stereocenters. The summed E-state index contributed by atoms with van der Waals surface area (Å²) < 4.78 is 8.96. The molecule has 10 heteroatoms. The van der Waals surface area contributed by atoms with Gasteiger partial charge in [-0.25, -0.2) is 0 Å². The maximum absolute atomic E-state index is 2.78. The van der Waals surface area contributed by atoms with Crippen LogP contribution >= 0.6 is 0 Å². The number of nitrogens with zero attached hydrogens (tertiary/aromatic N) is 5. The molecule has 0 spiro atoms. The molecular weight excluding hydrogens is 1570 g/mol. The van der Waals surface area contributed by atoms with Crippen LogP contribution in [0.5, 0.6) is 0 Å². The first kappa shape index (κ1) is 58.6. The van der Waals surface area contributed by atoms with Gasteiger partial charge in [0.15, 0.2) is 0 Å². The van der Waals surface area contributed by atoms with Crippen molar-refractivity contribution in [2.75, 3.05) is 24.5 Å². The van der Waals surface area contributed by atoms with Crippen LogP contribution in [0.2, 0.25) is 0 Å². The first-order chi connectivity index (χ1) is 50.1. The Labute approximate surface area is 615 Å². The molecule has 0 saturated carbocycles. The first-order valence-corrected chi connectivity index (χ1v) is 41.7. The summed E-state index contributed by atoms with van der Waals surface area (Å²) >= 11 is -1.99. The van der Waals surface area contributed by atoms with Gasteiger partial charge in [-0.15, -0.1) is 0 Å². The zero-order valence-electron chi connectivity index (χ0n) is 54.6. The molecule has 0 unspecified atom stereocenters. The van der Waals surface area contributed by atoms with Crippen LogP contribution in [0.25, 0.3) is 52.7 Å². The topological polar surface area (TPSA) is 16.2 Å². The quantitative estimate of drug-likeness (QED) is 0.134. The molecule has 22 rings (SSSR count). The van der Waals surface area contributed by atoms with E-state index < -0.39 is 61.3 Å². The van der Waals surface area contributed by atoms with E-state index in [1.807, 2.05) is 0 Å². The van der Waals surface area contributed by atoms with Gasteiger partial charge < -0.3 is 0 Å². The van der Waals surface area contributed by atoms with Crippen molar-refractivity contribution in [2.45, 2.75) is 6.42 Å². The zero-order valence-corrected chi connectivity index (χ0v) is 61.6. The van der Waals surface area contributed by atoms with Gasteiger partial charge in [-0.1, -0.05) is 60.7 Å². The standard InChI is InChI=1S/C91H57B2N5Te3/c1-5-26-59(27-6-1)94(60-28-7-2-8-29-60)63-51-58-50-57-52-77-71(56-70(57)92-68-37-16-18-39-72(68)96(78(53-63)90(58)92)62-32-11-4-12-33-62)93-69-38-17-19-40-73(69)97(75-42-24-48-85-88(75)66-35-14-21-45-82(66)100-85)79-54-64(55-80(91(79)93)98(77)76-43-25-49-86-89(76)67-36-15-22-46-83(67)101-86)95(61-30-9-3-10-31-61)74-41-23-47-84-87(74)65-34-13-20-44-81(65)99-84/h1-49,51-56H,50H2. The second kappa shape index (κ2) is 23.2. The predicted molar refractivity (Wildman–Crippen MR) is 434 cm³/mol. The fraction of sp³-hybridized carbons (Fsp3) is 0.0110. The third-order valence-corrected chi connectivity index (χ3v) is 31.3. The molecule has 0 bridgehead atoms. The smallest absolute Gasteiger partial charge is 0.0380 e. The van der Waals surface area contributed by atoms with Crippen molar-refractivity contribution in [1.82, 2.24) is 0 Å². The van der Waals surface area contributed by atoms with Crippen LogP contribution < -0.4 is 57.3 Å². The summed E-state index contributed by atoms with van der Waals surface area (Å²) in [7, 11) is 0. The molecule has 4 aliphatic rings. The van der Waals surface area contributed by atoms with Crippen LogP contribution in [0, 0.1) is 0 Å². The van der Waals surface area contributed by atoms with Gasteiger partial charge in [0.05, 0.1) is 0 Å². The minimum atomic E-state index is -0.703. The van der Waals surface area contributed by atoms with Gasteiger partial charge in [-0.3, -0.25) is 0 Å². The molecule has 0 fully saturated rings. The number of rotatable bonds is 9. The zero-order chi connectivity index (χ0) is 66.0. The SMILES string of the molecule is c1ccc(N(c2ccccc2)c2cc3c4c(c2)N(c2ccccc2)c2ccccc2B4c2cc4c(cc2C3)N(c2cccc3[te]c5ccccc5c23)c2cc(N(c3ccccc3)c3cccc5[te]c6ccccc6c35)cc3c2B4c2ccccc2N3c2cccc3[te]c4ccccc4c23)cc1. The molecule has 18 aromatic rings. The molecule has 101 heavy (non-hydrogen) atoms. The Hall–Kier alpha value is -10.2. The molecule has 0 N–H and O–H groups in total. The second-order valence-electron chi connectivity index (χ2n) is 27.0. The van der Waals surface area contributed by atoms with Gasteiger partial charge in [0, 0.05) is 17.1 Å². The summed E-state index contributed by atoms with van der Waals surface area (Å²) in [6.45, 7) is -0.215. The molecule has 0 saturated heterocycles. The number of hydrogen-bond donors (Lipinski definition) is 0. The number of benzene rings is 15. The van der Waals surface area contributed by atoms with E-state index >= 15 is 0 Å². The van der Waals surface area contributed by atoms with E-state index in [1.165, 1.54) is 148 Å². The first-order valence-electron chi connectivity index (χ1n) is 34.7. The van der Waals surface area contributed by atoms with Crippen molar-refractivity contribution in [3.63, 3.8) is 0 Å². The normalized spacial score (nSPS) is 13.2. The van der Waals surface area contributed by atoms with E-state index in [-0.39, 0.29) is 13.4 Å². The van der Waals surface area contributed by atoms with E-state index in [2.05, 4.69) is 358 Å². The summed E-state index contributed by atoms with van der Waals surface area (Å²) in [6.07, 6.45) is 0.746. The molecule has 0 radical (unpaired) electrons. The van der Waals surface area contributed by atoms with Crippen molar-refractivity contribution in [2.24, 2.45) is 0 Å². The maximum Gasteiger partial charge on any atom is -0.0380 e. The molecule has 470 valence electrons. The van der Waals surface area contributed by atoms with Gasteiger partial charge >= 0.3 is 507 Å². The van der Waals surface area contributed by atoms with Gasteiger partial charge in [-0.2, -0.15) is 0 Å². The Morgan fingerprint density at radius 1 is 0.248 bits per heavy atom. The van der Waals surface area contributed by atoms with Gasteiger partial charge in [0.25, 0.3) is 0 Å². The number of hydrogen-bond acceptors (Lipinski definition) is 5. The van der Waals surface area contributed by atoms with Crippen LogP contribution in [-0.2, 0) is 6.42 Å². The van der Waals surface area contributed by atoms with E-state index in [0.29, 0.717) is 0 Å². The minimum absolute atomic E-state index is 0.0671. The van der Waals surface area contributed by atoms with Crippen LogP contribution in [0.4, 0.5) is 85.3 Å². The number of anilines is 15. The van der Waals surface area contributed by atoms with Gasteiger partial charge in [0.2, 0.25) is 0 Å². The monoisotopic (exact) mass is 1630 g/mol. The third-order valence-electron chi connectivity index (χ3n) is 21.6. The van der Waals surface area contributed by atoms with E-state index in [4.69, 9.17) is 0 Å².